The molecule has 0 unspecified atom stereocenters. The van der Waals surface area contributed by atoms with E-state index in [1.165, 1.54) is 4.90 Å². The van der Waals surface area contributed by atoms with E-state index in [0.717, 1.165) is 6.42 Å². The molecule has 0 aliphatic carbocycles. The monoisotopic (exact) mass is 465 g/mol. The number of nitrogens with zero attached hydrogens (tertiary/aromatic N) is 1. The first kappa shape index (κ1) is 25.7. The van der Waals surface area contributed by atoms with Gasteiger partial charge < -0.3 is 54.9 Å². The molecule has 12 nitrogen and oxygen atoms in total. The van der Waals surface area contributed by atoms with Gasteiger partial charge in [0.15, 0.2) is 6.29 Å². The third kappa shape index (κ3) is 5.25. The molecule has 3 rings (SSSR count). The molecular weight excluding hydrogens is 430 g/mol. The van der Waals surface area contributed by atoms with Crippen LogP contribution in [0, 0.1) is 11.8 Å². The SMILES string of the molecule is CC(C)C[C@H]1CC(=O)N(C[C@@]2(O)OC[C@@H](O)[C@@H](O[C@@H]3O[C@H](CO)[C@H](O)[C@H](O)[C@H]3O)[C@@H]2O)C1. The van der Waals surface area contributed by atoms with E-state index in [0.29, 0.717) is 18.9 Å². The van der Waals surface area contributed by atoms with Crippen molar-refractivity contribution in [1.82, 2.24) is 4.90 Å². The van der Waals surface area contributed by atoms with Crippen LogP contribution >= 0.6 is 0 Å². The minimum Gasteiger partial charge on any atom is -0.394 e. The van der Waals surface area contributed by atoms with Crippen LogP contribution in [0.4, 0.5) is 0 Å². The Balaban J connectivity index is 1.69. The molecule has 0 saturated carbocycles. The van der Waals surface area contributed by atoms with Gasteiger partial charge in [0.05, 0.1) is 19.8 Å². The van der Waals surface area contributed by atoms with Crippen molar-refractivity contribution in [2.75, 3.05) is 26.3 Å². The number of carbonyl (C=O) groups excluding carboxylic acids is 1. The van der Waals surface area contributed by atoms with Crippen molar-refractivity contribution < 1.29 is 54.8 Å². The molecule has 0 spiro atoms. The van der Waals surface area contributed by atoms with Gasteiger partial charge in [-0.2, -0.15) is 0 Å². The summed E-state index contributed by atoms with van der Waals surface area (Å²) in [6, 6.07) is 0. The number of hydrogen-bond acceptors (Lipinski definition) is 11. The maximum Gasteiger partial charge on any atom is 0.223 e. The van der Waals surface area contributed by atoms with Crippen LogP contribution in [0.3, 0.4) is 0 Å². The number of amides is 1. The number of ether oxygens (including phenoxy) is 3. The smallest absolute Gasteiger partial charge is 0.223 e. The largest absolute Gasteiger partial charge is 0.394 e. The Morgan fingerprint density at radius 1 is 1.16 bits per heavy atom. The quantitative estimate of drug-likeness (QED) is 0.198. The number of aliphatic hydroxyl groups excluding tert-OH is 6. The van der Waals surface area contributed by atoms with Crippen molar-refractivity contribution in [1.29, 1.82) is 0 Å². The molecule has 0 aromatic heterocycles. The third-order valence-electron chi connectivity index (χ3n) is 6.31. The summed E-state index contributed by atoms with van der Waals surface area (Å²) in [5.41, 5.74) is 0. The van der Waals surface area contributed by atoms with Crippen LogP contribution in [0.1, 0.15) is 26.7 Å². The van der Waals surface area contributed by atoms with Crippen LogP contribution < -0.4 is 0 Å². The van der Waals surface area contributed by atoms with Crippen LogP contribution in [0.2, 0.25) is 0 Å². The van der Waals surface area contributed by atoms with E-state index in [1.807, 2.05) is 0 Å². The molecule has 7 N–H and O–H groups in total. The number of likely N-dealkylation sites (tertiary alicyclic amines) is 1. The lowest BCUT2D eigenvalue weighted by Crippen LogP contribution is -2.67. The summed E-state index contributed by atoms with van der Waals surface area (Å²) in [6.07, 6.45) is -11.5. The summed E-state index contributed by atoms with van der Waals surface area (Å²) in [7, 11) is 0. The van der Waals surface area contributed by atoms with Crippen molar-refractivity contribution in [3.8, 4) is 0 Å². The molecule has 0 radical (unpaired) electrons. The summed E-state index contributed by atoms with van der Waals surface area (Å²) < 4.78 is 16.0. The van der Waals surface area contributed by atoms with E-state index in [9.17, 15) is 40.5 Å². The molecule has 3 saturated heterocycles. The van der Waals surface area contributed by atoms with Gasteiger partial charge in [0.25, 0.3) is 0 Å². The van der Waals surface area contributed by atoms with E-state index in [2.05, 4.69) is 13.8 Å². The predicted octanol–water partition coefficient (Wildman–Crippen LogP) is -3.49. The lowest BCUT2D eigenvalue weighted by Gasteiger charge is -2.47. The summed E-state index contributed by atoms with van der Waals surface area (Å²) in [4.78, 5) is 13.8. The molecule has 3 fully saturated rings. The highest BCUT2D eigenvalue weighted by Crippen LogP contribution is 2.33. The standard InChI is InChI=1S/C20H35NO11/c1-9(2)3-10-4-13(24)21(5-10)8-20(29)18(28)17(11(23)7-30-20)32-19-16(27)15(26)14(25)12(6-22)31-19/h9-12,14-19,22-23,25-29H,3-8H2,1-2H3/t10-,11+,12+,14-,15-,16+,17+,18-,19-,20+/m0/s1. The molecule has 1 amide bonds. The minimum absolute atomic E-state index is 0.124. The molecule has 0 aromatic carbocycles. The molecule has 186 valence electrons. The fourth-order valence-electron chi connectivity index (χ4n) is 4.62. The zero-order valence-electron chi connectivity index (χ0n) is 18.2. The van der Waals surface area contributed by atoms with Crippen LogP contribution in [-0.4, -0.2) is 128 Å². The fourth-order valence-corrected chi connectivity index (χ4v) is 4.62. The average Bonchev–Trinajstić information content (AvgIpc) is 3.06. The lowest BCUT2D eigenvalue weighted by atomic mass is 9.95. The highest BCUT2D eigenvalue weighted by Gasteiger charge is 2.54. The van der Waals surface area contributed by atoms with Gasteiger partial charge in [0.2, 0.25) is 11.7 Å². The zero-order chi connectivity index (χ0) is 23.8. The van der Waals surface area contributed by atoms with Crippen LogP contribution in [-0.2, 0) is 19.0 Å². The van der Waals surface area contributed by atoms with Crippen molar-refractivity contribution in [3.63, 3.8) is 0 Å². The van der Waals surface area contributed by atoms with Gasteiger partial charge in [-0.15, -0.1) is 0 Å². The first-order valence-corrected chi connectivity index (χ1v) is 10.9. The maximum absolute atomic E-state index is 12.4. The molecule has 0 aromatic rings. The molecule has 0 bridgehead atoms. The fraction of sp³-hybridized carbons (Fsp3) is 0.950. The van der Waals surface area contributed by atoms with E-state index >= 15 is 0 Å². The molecule has 10 atom stereocenters. The molecule has 3 aliphatic rings. The summed E-state index contributed by atoms with van der Waals surface area (Å²) >= 11 is 0. The number of hydrogen-bond donors (Lipinski definition) is 7. The summed E-state index contributed by atoms with van der Waals surface area (Å²) in [5.74, 6) is -1.91. The van der Waals surface area contributed by atoms with Gasteiger partial charge in [-0.25, -0.2) is 0 Å². The normalized spacial score (nSPS) is 45.6. The average molecular weight is 465 g/mol. The van der Waals surface area contributed by atoms with Gasteiger partial charge in [0.1, 0.15) is 42.7 Å². The predicted molar refractivity (Wildman–Crippen MR) is 106 cm³/mol. The van der Waals surface area contributed by atoms with Crippen LogP contribution in [0.5, 0.6) is 0 Å². The Bertz CT molecular complexity index is 649. The summed E-state index contributed by atoms with van der Waals surface area (Å²) in [5, 5.41) is 71.3. The lowest BCUT2D eigenvalue weighted by molar-refractivity contribution is -0.369. The van der Waals surface area contributed by atoms with E-state index in [4.69, 9.17) is 14.2 Å². The van der Waals surface area contributed by atoms with Gasteiger partial charge in [0, 0.05) is 13.0 Å². The van der Waals surface area contributed by atoms with E-state index < -0.39 is 68.0 Å². The number of β-amino-alcohol motifs (C(OH)–C–C–N with tert-alkyl or cyclic N) is 1. The Morgan fingerprint density at radius 2 is 1.84 bits per heavy atom. The number of carbonyl (C=O) groups is 1. The first-order valence-electron chi connectivity index (χ1n) is 10.9. The molecule has 3 aliphatic heterocycles. The summed E-state index contributed by atoms with van der Waals surface area (Å²) in [6.45, 7) is 3.04. The van der Waals surface area contributed by atoms with Gasteiger partial charge >= 0.3 is 0 Å². The third-order valence-corrected chi connectivity index (χ3v) is 6.31. The highest BCUT2D eigenvalue weighted by molar-refractivity contribution is 5.78. The molecule has 3 heterocycles. The Hall–Kier alpha value is -0.930. The second kappa shape index (κ2) is 10.1. The maximum atomic E-state index is 12.4. The zero-order valence-corrected chi connectivity index (χ0v) is 18.2. The number of aliphatic hydroxyl groups is 7. The molecular formula is C20H35NO11. The van der Waals surface area contributed by atoms with E-state index in [1.54, 1.807) is 0 Å². The van der Waals surface area contributed by atoms with Crippen molar-refractivity contribution in [3.05, 3.63) is 0 Å². The van der Waals surface area contributed by atoms with Crippen LogP contribution in [0.15, 0.2) is 0 Å². The second-order valence-electron chi connectivity index (χ2n) is 9.44. The minimum atomic E-state index is -2.25. The van der Waals surface area contributed by atoms with Gasteiger partial charge in [-0.3, -0.25) is 4.79 Å². The van der Waals surface area contributed by atoms with Crippen LogP contribution in [0.25, 0.3) is 0 Å². The van der Waals surface area contributed by atoms with E-state index in [-0.39, 0.29) is 18.4 Å². The molecule has 32 heavy (non-hydrogen) atoms. The Morgan fingerprint density at radius 3 is 2.47 bits per heavy atom. The van der Waals surface area contributed by atoms with Gasteiger partial charge in [-0.1, -0.05) is 13.8 Å². The van der Waals surface area contributed by atoms with Crippen molar-refractivity contribution in [2.24, 2.45) is 11.8 Å². The highest BCUT2D eigenvalue weighted by atomic mass is 16.7. The van der Waals surface area contributed by atoms with Crippen molar-refractivity contribution in [2.45, 2.75) is 81.5 Å². The molecule has 12 heteroatoms. The first-order chi connectivity index (χ1) is 15.0. The Labute approximate surface area is 185 Å². The second-order valence-corrected chi connectivity index (χ2v) is 9.44. The van der Waals surface area contributed by atoms with Gasteiger partial charge in [-0.05, 0) is 18.3 Å². The Kier molecular flexibility index (Phi) is 8.14. The topological polar surface area (TPSA) is 190 Å². The van der Waals surface area contributed by atoms with Crippen molar-refractivity contribution >= 4 is 5.91 Å². The number of rotatable bonds is 7.